The second kappa shape index (κ2) is 13.0. The molecule has 0 bridgehead atoms. The van der Waals surface area contributed by atoms with Gasteiger partial charge in [0.25, 0.3) is 0 Å². The maximum Gasteiger partial charge on any atom is 0.0725 e. The lowest BCUT2D eigenvalue weighted by Gasteiger charge is -2.31. The van der Waals surface area contributed by atoms with Crippen LogP contribution in [0.25, 0.3) is 99.1 Å². The first kappa shape index (κ1) is 39.5. The van der Waals surface area contributed by atoms with Gasteiger partial charge in [-0.3, -0.25) is 0 Å². The Morgan fingerprint density at radius 1 is 0.304 bits per heavy atom. The summed E-state index contributed by atoms with van der Waals surface area (Å²) in [6.07, 6.45) is 0. The van der Waals surface area contributed by atoms with Gasteiger partial charge in [-0.05, 0) is 185 Å². The van der Waals surface area contributed by atoms with E-state index in [1.807, 2.05) is 0 Å². The molecule has 0 fully saturated rings. The SMILES string of the molecule is CC(C)(C)c1cc2ccc3cc4c(c5ccc(c1)c2c35)-c1ccc(-c2ccc3c(c2)C2(c5ccccc5-c5ccccc52)c2cc(-c5ccc6c(c5)C(C)(C)c5ccccc5-6)ccc2-3)cc1C4(C)C. The van der Waals surface area contributed by atoms with Crippen LogP contribution in [-0.4, -0.2) is 0 Å². The van der Waals surface area contributed by atoms with Gasteiger partial charge in [0, 0.05) is 10.8 Å². The molecule has 0 N–H and O–H groups in total. The van der Waals surface area contributed by atoms with Crippen LogP contribution >= 0.6 is 0 Å². The maximum absolute atomic E-state index is 2.56. The number of benzene rings is 11. The van der Waals surface area contributed by atoms with E-state index in [4.69, 9.17) is 0 Å². The fourth-order valence-electron chi connectivity index (χ4n) is 14.1. The van der Waals surface area contributed by atoms with E-state index in [-0.39, 0.29) is 16.2 Å². The fourth-order valence-corrected chi connectivity index (χ4v) is 14.1. The molecule has 0 atom stereocenters. The van der Waals surface area contributed by atoms with Crippen molar-refractivity contribution in [3.8, 4) is 66.8 Å². The summed E-state index contributed by atoms with van der Waals surface area (Å²) in [5.74, 6) is 0. The number of hydrogen-bond donors (Lipinski definition) is 0. The van der Waals surface area contributed by atoms with Crippen LogP contribution in [0.15, 0.2) is 188 Å². The monoisotopic (exact) mass is 880 g/mol. The van der Waals surface area contributed by atoms with Gasteiger partial charge in [0.1, 0.15) is 0 Å². The van der Waals surface area contributed by atoms with E-state index < -0.39 is 5.41 Å². The molecule has 11 aromatic rings. The first-order chi connectivity index (χ1) is 33.3. The Kier molecular flexibility index (Phi) is 7.41. The zero-order valence-corrected chi connectivity index (χ0v) is 40.4. The summed E-state index contributed by atoms with van der Waals surface area (Å²) < 4.78 is 0. The molecule has 0 saturated heterocycles. The third-order valence-electron chi connectivity index (χ3n) is 17.6. The third-order valence-corrected chi connectivity index (χ3v) is 17.6. The molecule has 15 rings (SSSR count). The molecule has 1 spiro atoms. The van der Waals surface area contributed by atoms with Crippen molar-refractivity contribution in [2.24, 2.45) is 0 Å². The van der Waals surface area contributed by atoms with Crippen LogP contribution in [0.1, 0.15) is 98.5 Å². The van der Waals surface area contributed by atoms with Crippen LogP contribution in [0.2, 0.25) is 0 Å². The van der Waals surface area contributed by atoms with Gasteiger partial charge in [-0.2, -0.15) is 0 Å². The quantitative estimate of drug-likeness (QED) is 0.152. The van der Waals surface area contributed by atoms with Crippen LogP contribution in [0.3, 0.4) is 0 Å². The first-order valence-electron chi connectivity index (χ1n) is 25.0. The molecule has 0 heterocycles. The summed E-state index contributed by atoms with van der Waals surface area (Å²) in [4.78, 5) is 0. The largest absolute Gasteiger partial charge is 0.0725 e. The van der Waals surface area contributed by atoms with Gasteiger partial charge in [-0.1, -0.05) is 206 Å². The second-order valence-electron chi connectivity index (χ2n) is 22.8. The highest BCUT2D eigenvalue weighted by atomic mass is 14.5. The minimum atomic E-state index is -0.466. The Hall–Kier alpha value is -7.54. The molecule has 0 nitrogen and oxygen atoms in total. The van der Waals surface area contributed by atoms with E-state index in [1.165, 1.54) is 149 Å². The van der Waals surface area contributed by atoms with Gasteiger partial charge in [-0.15, -0.1) is 0 Å². The maximum atomic E-state index is 2.56. The zero-order valence-electron chi connectivity index (χ0n) is 40.4. The van der Waals surface area contributed by atoms with E-state index >= 15 is 0 Å². The number of hydrogen-bond acceptors (Lipinski definition) is 0. The molecule has 69 heavy (non-hydrogen) atoms. The lowest BCUT2D eigenvalue weighted by atomic mass is 9.70. The van der Waals surface area contributed by atoms with Crippen LogP contribution < -0.4 is 0 Å². The van der Waals surface area contributed by atoms with Crippen LogP contribution in [0.5, 0.6) is 0 Å². The van der Waals surface area contributed by atoms with Crippen molar-refractivity contribution in [2.45, 2.75) is 70.1 Å². The summed E-state index contributed by atoms with van der Waals surface area (Å²) in [5.41, 5.74) is 27.7. The molecule has 0 unspecified atom stereocenters. The van der Waals surface area contributed by atoms with Gasteiger partial charge >= 0.3 is 0 Å². The van der Waals surface area contributed by atoms with E-state index in [9.17, 15) is 0 Å². The predicted octanol–water partition coefficient (Wildman–Crippen LogP) is 18.2. The summed E-state index contributed by atoms with van der Waals surface area (Å²) >= 11 is 0. The van der Waals surface area contributed by atoms with Gasteiger partial charge in [0.2, 0.25) is 0 Å². The van der Waals surface area contributed by atoms with E-state index in [1.54, 1.807) is 0 Å². The normalized spacial score (nSPS) is 15.8. The smallest absolute Gasteiger partial charge is 0.0619 e. The summed E-state index contributed by atoms with van der Waals surface area (Å²) in [7, 11) is 0. The van der Waals surface area contributed by atoms with E-state index in [0.29, 0.717) is 0 Å². The van der Waals surface area contributed by atoms with Gasteiger partial charge < -0.3 is 0 Å². The van der Waals surface area contributed by atoms with Crippen LogP contribution in [-0.2, 0) is 21.7 Å². The fraction of sp³-hybridized carbons (Fsp3) is 0.159. The van der Waals surface area contributed by atoms with Crippen LogP contribution in [0.4, 0.5) is 0 Å². The Labute approximate surface area is 405 Å². The second-order valence-corrected chi connectivity index (χ2v) is 22.8. The van der Waals surface area contributed by atoms with E-state index in [2.05, 4.69) is 237 Å². The van der Waals surface area contributed by atoms with Crippen molar-refractivity contribution >= 4 is 32.3 Å². The highest BCUT2D eigenvalue weighted by molar-refractivity contribution is 6.26. The molecule has 0 radical (unpaired) electrons. The highest BCUT2D eigenvalue weighted by Crippen LogP contribution is 2.64. The molecule has 0 amide bonds. The third kappa shape index (κ3) is 4.89. The summed E-state index contributed by atoms with van der Waals surface area (Å²) in [6.45, 7) is 16.6. The van der Waals surface area contributed by atoms with Crippen molar-refractivity contribution in [2.75, 3.05) is 0 Å². The number of rotatable bonds is 2. The molecule has 0 heteroatoms. The van der Waals surface area contributed by atoms with Gasteiger partial charge in [0.15, 0.2) is 0 Å². The highest BCUT2D eigenvalue weighted by Gasteiger charge is 2.52. The Bertz CT molecular complexity index is 4040. The average Bonchev–Trinajstić information content (AvgIpc) is 3.99. The molecule has 0 aliphatic heterocycles. The summed E-state index contributed by atoms with van der Waals surface area (Å²) in [6, 6.07) is 73.5. The Balaban J connectivity index is 0.902. The average molecular weight is 881 g/mol. The minimum absolute atomic E-state index is 0.0667. The van der Waals surface area contributed by atoms with Crippen molar-refractivity contribution < 1.29 is 0 Å². The standard InChI is InChI=1S/C69H52/c1-66(2,3)46-32-43-20-21-45-38-62-65(54-31-26-44(33-46)63(43)64(45)54)53-30-25-40(35-59(53)68(62,6)7)42-24-29-52-51-28-23-41(39-22-27-50-47-14-8-11-17-55(47)67(4,5)58(50)34-39)36-60(51)69(61(52)37-42)56-18-12-9-15-48(56)49-16-10-13-19-57(49)69/h8-38H,1-7H3. The molecule has 4 aliphatic carbocycles. The summed E-state index contributed by atoms with van der Waals surface area (Å²) in [5, 5.41) is 8.16. The molecule has 4 aliphatic rings. The van der Waals surface area contributed by atoms with Gasteiger partial charge in [-0.25, -0.2) is 0 Å². The molecular weight excluding hydrogens is 829 g/mol. The van der Waals surface area contributed by atoms with Gasteiger partial charge in [0.05, 0.1) is 5.41 Å². The zero-order chi connectivity index (χ0) is 46.5. The topological polar surface area (TPSA) is 0 Å². The van der Waals surface area contributed by atoms with Crippen molar-refractivity contribution in [3.05, 3.63) is 238 Å². The molecule has 0 aromatic heterocycles. The van der Waals surface area contributed by atoms with Crippen LogP contribution in [0, 0.1) is 0 Å². The predicted molar refractivity (Wildman–Crippen MR) is 291 cm³/mol. The molecule has 0 saturated carbocycles. The molecule has 11 aromatic carbocycles. The molecule has 328 valence electrons. The number of fused-ring (bicyclic) bond motifs is 17. The lowest BCUT2D eigenvalue weighted by Crippen LogP contribution is -2.26. The van der Waals surface area contributed by atoms with Crippen molar-refractivity contribution in [3.63, 3.8) is 0 Å². The minimum Gasteiger partial charge on any atom is -0.0619 e. The van der Waals surface area contributed by atoms with Crippen molar-refractivity contribution in [1.29, 1.82) is 0 Å². The molecular formula is C69H52. The van der Waals surface area contributed by atoms with E-state index in [0.717, 1.165) is 0 Å². The Morgan fingerprint density at radius 2 is 0.696 bits per heavy atom. The van der Waals surface area contributed by atoms with Crippen molar-refractivity contribution in [1.82, 2.24) is 0 Å². The first-order valence-corrected chi connectivity index (χ1v) is 25.0. The lowest BCUT2D eigenvalue weighted by molar-refractivity contribution is 0.591. The Morgan fingerprint density at radius 3 is 1.23 bits per heavy atom.